The number of fused-ring (bicyclic) bond motifs is 1. The molecule has 1 aromatic carbocycles. The lowest BCUT2D eigenvalue weighted by Crippen LogP contribution is -2.33. The van der Waals surface area contributed by atoms with Gasteiger partial charge in [0.1, 0.15) is 5.00 Å². The molecular formula is C28H36N4O4S2. The molecule has 0 atom stereocenters. The van der Waals surface area contributed by atoms with E-state index in [1.807, 2.05) is 4.90 Å². The van der Waals surface area contributed by atoms with Gasteiger partial charge in [0.05, 0.1) is 10.5 Å². The minimum atomic E-state index is -3.76. The third kappa shape index (κ3) is 5.93. The number of likely N-dealkylation sites (tertiary alicyclic amines) is 1. The highest BCUT2D eigenvalue weighted by Crippen LogP contribution is 2.38. The molecule has 0 bridgehead atoms. The van der Waals surface area contributed by atoms with E-state index >= 15 is 0 Å². The molecule has 0 saturated carbocycles. The maximum atomic E-state index is 13.5. The predicted octanol–water partition coefficient (Wildman–Crippen LogP) is 4.37. The first kappa shape index (κ1) is 28.2. The number of carbonyl (C=O) groups is 2. The Morgan fingerprint density at radius 3 is 2.34 bits per heavy atom. The fourth-order valence-corrected chi connectivity index (χ4v) is 7.68. The molecule has 2 aliphatic heterocycles. The van der Waals surface area contributed by atoms with E-state index in [4.69, 9.17) is 0 Å². The number of anilines is 1. The van der Waals surface area contributed by atoms with E-state index < -0.39 is 10.0 Å². The van der Waals surface area contributed by atoms with Crippen molar-refractivity contribution in [3.63, 3.8) is 0 Å². The van der Waals surface area contributed by atoms with Gasteiger partial charge >= 0.3 is 0 Å². The molecule has 2 aliphatic rings. The van der Waals surface area contributed by atoms with Crippen LogP contribution in [0.25, 0.3) is 0 Å². The van der Waals surface area contributed by atoms with Crippen molar-refractivity contribution in [1.82, 2.24) is 14.1 Å². The van der Waals surface area contributed by atoms with Crippen molar-refractivity contribution in [3.05, 3.63) is 71.1 Å². The molecule has 0 radical (unpaired) electrons. The summed E-state index contributed by atoms with van der Waals surface area (Å²) >= 11 is 1.48. The summed E-state index contributed by atoms with van der Waals surface area (Å²) in [6, 6.07) is 5.87. The second kappa shape index (κ2) is 12.4. The number of nitrogens with zero attached hydrogens (tertiary/aromatic N) is 3. The summed E-state index contributed by atoms with van der Waals surface area (Å²) in [7, 11) is -3.76. The molecule has 1 fully saturated rings. The first-order valence-electron chi connectivity index (χ1n) is 13.1. The molecular weight excluding hydrogens is 520 g/mol. The van der Waals surface area contributed by atoms with Crippen LogP contribution in [0.2, 0.25) is 0 Å². The zero-order valence-electron chi connectivity index (χ0n) is 21.9. The number of amides is 2. The van der Waals surface area contributed by atoms with Crippen LogP contribution in [0.1, 0.15) is 57.3 Å². The number of rotatable bonds is 11. The second-order valence-corrected chi connectivity index (χ2v) is 12.7. The molecule has 4 rings (SSSR count). The molecule has 1 saturated heterocycles. The number of carbonyl (C=O) groups excluding carboxylic acids is 2. The minimum absolute atomic E-state index is 0.00906. The van der Waals surface area contributed by atoms with Gasteiger partial charge in [-0.3, -0.25) is 14.5 Å². The van der Waals surface area contributed by atoms with Gasteiger partial charge in [0, 0.05) is 49.7 Å². The van der Waals surface area contributed by atoms with Crippen molar-refractivity contribution in [2.75, 3.05) is 44.6 Å². The van der Waals surface area contributed by atoms with Crippen LogP contribution in [0.4, 0.5) is 5.00 Å². The summed E-state index contributed by atoms with van der Waals surface area (Å²) in [6.45, 7) is 13.9. The molecule has 1 N–H and O–H groups in total. The number of nitrogens with one attached hydrogen (secondary N) is 1. The van der Waals surface area contributed by atoms with E-state index in [9.17, 15) is 18.0 Å². The Balaban J connectivity index is 1.59. The zero-order chi connectivity index (χ0) is 27.3. The molecule has 3 heterocycles. The van der Waals surface area contributed by atoms with Crippen molar-refractivity contribution in [2.45, 2.75) is 44.0 Å². The Morgan fingerprint density at radius 2 is 1.74 bits per heavy atom. The van der Waals surface area contributed by atoms with Crippen molar-refractivity contribution < 1.29 is 18.0 Å². The lowest BCUT2D eigenvalue weighted by Gasteiger charge is -2.27. The molecule has 38 heavy (non-hydrogen) atoms. The van der Waals surface area contributed by atoms with Gasteiger partial charge in [0.15, 0.2) is 0 Å². The summed E-state index contributed by atoms with van der Waals surface area (Å²) in [5.41, 5.74) is 2.00. The van der Waals surface area contributed by atoms with Gasteiger partial charge in [-0.1, -0.05) is 19.1 Å². The molecule has 1 aromatic heterocycles. The first-order chi connectivity index (χ1) is 18.3. The van der Waals surface area contributed by atoms with Crippen LogP contribution in [-0.2, 0) is 23.0 Å². The summed E-state index contributed by atoms with van der Waals surface area (Å²) < 4.78 is 27.3. The van der Waals surface area contributed by atoms with Gasteiger partial charge in [-0.25, -0.2) is 8.42 Å². The van der Waals surface area contributed by atoms with E-state index in [1.165, 1.54) is 52.1 Å². The van der Waals surface area contributed by atoms with Crippen molar-refractivity contribution >= 4 is 38.2 Å². The highest BCUT2D eigenvalue weighted by atomic mass is 32.2. The highest BCUT2D eigenvalue weighted by molar-refractivity contribution is 7.89. The topological polar surface area (TPSA) is 90.0 Å². The van der Waals surface area contributed by atoms with Crippen molar-refractivity contribution in [2.24, 2.45) is 0 Å². The fraction of sp³-hybridized carbons (Fsp3) is 0.429. The lowest BCUT2D eigenvalue weighted by molar-refractivity contribution is 0.0792. The molecule has 204 valence electrons. The van der Waals surface area contributed by atoms with Gasteiger partial charge in [0.25, 0.3) is 11.8 Å². The number of benzene rings is 1. The van der Waals surface area contributed by atoms with Gasteiger partial charge in [-0.05, 0) is 62.1 Å². The Labute approximate surface area is 229 Å². The number of thiophene rings is 1. The predicted molar refractivity (Wildman–Crippen MR) is 152 cm³/mol. The normalized spacial score (nSPS) is 15.9. The fourth-order valence-electron chi connectivity index (χ4n) is 5.02. The highest BCUT2D eigenvalue weighted by Gasteiger charge is 2.32. The maximum absolute atomic E-state index is 13.5. The largest absolute Gasteiger partial charge is 0.339 e. The summed E-state index contributed by atoms with van der Waals surface area (Å²) in [5.74, 6) is -0.382. The van der Waals surface area contributed by atoms with Gasteiger partial charge in [-0.15, -0.1) is 24.5 Å². The average Bonchev–Trinajstić information content (AvgIpc) is 3.56. The van der Waals surface area contributed by atoms with Crippen LogP contribution in [0.15, 0.2) is 54.5 Å². The van der Waals surface area contributed by atoms with E-state index in [1.54, 1.807) is 0 Å². The van der Waals surface area contributed by atoms with E-state index in [2.05, 4.69) is 30.3 Å². The van der Waals surface area contributed by atoms with Crippen LogP contribution in [0.5, 0.6) is 0 Å². The summed E-state index contributed by atoms with van der Waals surface area (Å²) in [4.78, 5) is 32.3. The number of hydrogen-bond acceptors (Lipinski definition) is 6. The van der Waals surface area contributed by atoms with Crippen LogP contribution >= 0.6 is 11.3 Å². The van der Waals surface area contributed by atoms with Gasteiger partial charge in [0.2, 0.25) is 10.0 Å². The SMILES string of the molecule is C=CCN(CC=C)S(=O)(=O)c1ccc(C(=O)Nc2sc3c(c2C(=O)N2CCCC2)CCN(CCC)C3)cc1. The monoisotopic (exact) mass is 556 g/mol. The first-order valence-corrected chi connectivity index (χ1v) is 15.3. The molecule has 0 spiro atoms. The van der Waals surface area contributed by atoms with Gasteiger partial charge in [-0.2, -0.15) is 4.31 Å². The van der Waals surface area contributed by atoms with E-state index in [-0.39, 0.29) is 29.8 Å². The number of hydrogen-bond donors (Lipinski definition) is 1. The quantitative estimate of drug-likeness (QED) is 0.415. The van der Waals surface area contributed by atoms with Crippen LogP contribution < -0.4 is 5.32 Å². The third-order valence-electron chi connectivity index (χ3n) is 6.93. The lowest BCUT2D eigenvalue weighted by atomic mass is 10.0. The molecule has 2 amide bonds. The Kier molecular flexibility index (Phi) is 9.19. The zero-order valence-corrected chi connectivity index (χ0v) is 23.6. The minimum Gasteiger partial charge on any atom is -0.339 e. The summed E-state index contributed by atoms with van der Waals surface area (Å²) in [6.07, 6.45) is 6.88. The van der Waals surface area contributed by atoms with Crippen LogP contribution in [0.3, 0.4) is 0 Å². The summed E-state index contributed by atoms with van der Waals surface area (Å²) in [5, 5.41) is 3.56. The maximum Gasteiger partial charge on any atom is 0.257 e. The van der Waals surface area contributed by atoms with E-state index in [0.717, 1.165) is 68.8 Å². The van der Waals surface area contributed by atoms with Crippen LogP contribution in [-0.4, -0.2) is 73.6 Å². The van der Waals surface area contributed by atoms with Crippen molar-refractivity contribution in [3.8, 4) is 0 Å². The van der Waals surface area contributed by atoms with E-state index in [0.29, 0.717) is 16.1 Å². The van der Waals surface area contributed by atoms with Crippen molar-refractivity contribution in [1.29, 1.82) is 0 Å². The van der Waals surface area contributed by atoms with Gasteiger partial charge < -0.3 is 10.2 Å². The Hall–Kier alpha value is -2.79. The Bertz CT molecular complexity index is 1280. The second-order valence-electron chi connectivity index (χ2n) is 9.61. The number of sulfonamides is 1. The third-order valence-corrected chi connectivity index (χ3v) is 9.91. The Morgan fingerprint density at radius 1 is 1.08 bits per heavy atom. The molecule has 2 aromatic rings. The standard InChI is InChI=1S/C28H36N4O4S2/c1-4-14-30-19-13-23-24(20-30)37-27(25(23)28(34)31-17-7-8-18-31)29-26(33)21-9-11-22(12-10-21)38(35,36)32(15-5-2)16-6-3/h5-6,9-12H,2-4,7-8,13-20H2,1H3,(H,29,33). The molecule has 8 nitrogen and oxygen atoms in total. The molecule has 0 unspecified atom stereocenters. The smallest absolute Gasteiger partial charge is 0.257 e. The van der Waals surface area contributed by atoms with Crippen LogP contribution in [0, 0.1) is 0 Å². The molecule has 10 heteroatoms. The average molecular weight is 557 g/mol. The molecule has 0 aliphatic carbocycles.